The topological polar surface area (TPSA) is 95.9 Å². The first-order chi connectivity index (χ1) is 17.7. The van der Waals surface area contributed by atoms with Gasteiger partial charge >= 0.3 is 5.97 Å². The van der Waals surface area contributed by atoms with Crippen molar-refractivity contribution in [3.05, 3.63) is 95.6 Å². The Morgan fingerprint density at radius 2 is 1.70 bits per heavy atom. The van der Waals surface area contributed by atoms with Crippen molar-refractivity contribution in [3.8, 4) is 5.75 Å². The number of allylic oxidation sites excluding steroid dienone is 1. The van der Waals surface area contributed by atoms with Gasteiger partial charge in [-0.3, -0.25) is 9.59 Å². The van der Waals surface area contributed by atoms with Gasteiger partial charge in [0.2, 0.25) is 5.91 Å². The molecular weight excluding hydrogens is 482 g/mol. The first-order valence-electron chi connectivity index (χ1n) is 11.5. The van der Waals surface area contributed by atoms with E-state index in [4.69, 9.17) is 9.84 Å². The fourth-order valence-electron chi connectivity index (χ4n) is 4.24. The number of benzene rings is 3. The van der Waals surface area contributed by atoms with Gasteiger partial charge in [0.05, 0.1) is 19.2 Å². The Hall–Kier alpha value is -4.53. The number of nitrogens with one attached hydrogen (secondary N) is 1. The molecule has 2 amide bonds. The van der Waals surface area contributed by atoms with Gasteiger partial charge in [0.15, 0.2) is 0 Å². The second-order valence-electron chi connectivity index (χ2n) is 8.44. The molecule has 3 aromatic carbocycles. The van der Waals surface area contributed by atoms with E-state index in [0.29, 0.717) is 17.5 Å². The zero-order valence-electron chi connectivity index (χ0n) is 19.9. The molecule has 1 heterocycles. The van der Waals surface area contributed by atoms with Crippen molar-refractivity contribution in [2.75, 3.05) is 23.9 Å². The standard InChI is InChI=1S/C28H24F2N2O5/c1-37-24-9-5-2-6-19(24)16-25(33)31-20-12-10-18(11-13-20)27(36)32-15-14-28(29,30)22(17-26(34)35)21-7-3-4-8-23(21)32/h2-13,17H,14-16H2,1H3,(H,31,33)(H,34,35)/b22-17-. The minimum atomic E-state index is -3.43. The van der Waals surface area contributed by atoms with Gasteiger partial charge in [-0.15, -0.1) is 0 Å². The molecule has 0 radical (unpaired) electrons. The van der Waals surface area contributed by atoms with Crippen LogP contribution in [0.15, 0.2) is 78.9 Å². The predicted octanol–water partition coefficient (Wildman–Crippen LogP) is 5.03. The van der Waals surface area contributed by atoms with E-state index >= 15 is 0 Å². The summed E-state index contributed by atoms with van der Waals surface area (Å²) in [7, 11) is 1.53. The van der Waals surface area contributed by atoms with Crippen molar-refractivity contribution in [2.45, 2.75) is 18.8 Å². The van der Waals surface area contributed by atoms with Crippen LogP contribution in [0.1, 0.15) is 27.9 Å². The minimum Gasteiger partial charge on any atom is -0.496 e. The van der Waals surface area contributed by atoms with Crippen LogP contribution in [0.25, 0.3) is 5.57 Å². The maximum absolute atomic E-state index is 14.9. The largest absolute Gasteiger partial charge is 0.496 e. The van der Waals surface area contributed by atoms with Gasteiger partial charge in [0, 0.05) is 47.0 Å². The minimum absolute atomic E-state index is 0.0130. The first kappa shape index (κ1) is 25.6. The summed E-state index contributed by atoms with van der Waals surface area (Å²) < 4.78 is 35.0. The van der Waals surface area contributed by atoms with Crippen molar-refractivity contribution in [2.24, 2.45) is 0 Å². The van der Waals surface area contributed by atoms with Crippen molar-refractivity contribution < 1.29 is 33.0 Å². The van der Waals surface area contributed by atoms with Crippen LogP contribution in [0, 0.1) is 0 Å². The van der Waals surface area contributed by atoms with E-state index in [2.05, 4.69) is 5.32 Å². The zero-order valence-corrected chi connectivity index (χ0v) is 19.9. The number of amides is 2. The highest BCUT2D eigenvalue weighted by atomic mass is 19.3. The fraction of sp³-hybridized carbons (Fsp3) is 0.179. The smallest absolute Gasteiger partial charge is 0.328 e. The zero-order chi connectivity index (χ0) is 26.6. The number of rotatable bonds is 6. The van der Waals surface area contributed by atoms with E-state index in [1.54, 1.807) is 30.3 Å². The number of aliphatic carboxylic acids is 1. The quantitative estimate of drug-likeness (QED) is 0.457. The Kier molecular flexibility index (Phi) is 7.33. The molecule has 9 heteroatoms. The van der Waals surface area contributed by atoms with Gasteiger partial charge in [-0.2, -0.15) is 0 Å². The number of nitrogens with zero attached hydrogens (tertiary/aromatic N) is 1. The molecule has 0 spiro atoms. The molecule has 7 nitrogen and oxygen atoms in total. The van der Waals surface area contributed by atoms with Gasteiger partial charge in [0.1, 0.15) is 5.75 Å². The number of hydrogen-bond donors (Lipinski definition) is 2. The summed E-state index contributed by atoms with van der Waals surface area (Å²) in [5.74, 6) is -5.12. The highest BCUT2D eigenvalue weighted by Crippen LogP contribution is 2.43. The molecule has 4 rings (SSSR count). The number of para-hydroxylation sites is 2. The average molecular weight is 507 g/mol. The third-order valence-electron chi connectivity index (χ3n) is 6.00. The van der Waals surface area contributed by atoms with E-state index in [0.717, 1.165) is 5.56 Å². The Labute approximate surface area is 212 Å². The summed E-state index contributed by atoms with van der Waals surface area (Å²) >= 11 is 0. The molecule has 0 aromatic heterocycles. The Bertz CT molecular complexity index is 1370. The number of hydrogen-bond acceptors (Lipinski definition) is 4. The van der Waals surface area contributed by atoms with Crippen LogP contribution in [-0.2, 0) is 16.0 Å². The lowest BCUT2D eigenvalue weighted by atomic mass is 9.97. The number of methoxy groups -OCH3 is 1. The van der Waals surface area contributed by atoms with Gasteiger partial charge < -0.3 is 20.1 Å². The van der Waals surface area contributed by atoms with Crippen molar-refractivity contribution in [1.82, 2.24) is 0 Å². The number of alkyl halides is 2. The highest BCUT2D eigenvalue weighted by Gasteiger charge is 2.41. The predicted molar refractivity (Wildman–Crippen MR) is 135 cm³/mol. The van der Waals surface area contributed by atoms with Crippen LogP contribution in [0.4, 0.5) is 20.2 Å². The Morgan fingerprint density at radius 1 is 1.03 bits per heavy atom. The van der Waals surface area contributed by atoms with Gasteiger partial charge in [-0.25, -0.2) is 13.6 Å². The van der Waals surface area contributed by atoms with Crippen LogP contribution < -0.4 is 15.0 Å². The highest BCUT2D eigenvalue weighted by molar-refractivity contribution is 6.09. The second kappa shape index (κ2) is 10.6. The summed E-state index contributed by atoms with van der Waals surface area (Å²) in [6, 6.07) is 19.3. The summed E-state index contributed by atoms with van der Waals surface area (Å²) in [5.41, 5.74) is 0.964. The lowest BCUT2D eigenvalue weighted by Gasteiger charge is -2.23. The van der Waals surface area contributed by atoms with Crippen LogP contribution in [0.3, 0.4) is 0 Å². The number of carbonyl (C=O) groups excluding carboxylic acids is 2. The summed E-state index contributed by atoms with van der Waals surface area (Å²) in [6.07, 6.45) is -0.144. The second-order valence-corrected chi connectivity index (χ2v) is 8.44. The summed E-state index contributed by atoms with van der Waals surface area (Å²) in [4.78, 5) is 38.3. The number of carboxylic acids is 1. The normalized spacial score (nSPS) is 15.4. The van der Waals surface area contributed by atoms with E-state index in [1.807, 2.05) is 12.1 Å². The molecule has 0 fully saturated rings. The molecule has 0 bridgehead atoms. The number of anilines is 2. The molecule has 2 N–H and O–H groups in total. The number of carboxylic acid groups (broad SMARTS) is 1. The molecule has 0 aliphatic carbocycles. The maximum atomic E-state index is 14.9. The monoisotopic (exact) mass is 506 g/mol. The third-order valence-corrected chi connectivity index (χ3v) is 6.00. The van der Waals surface area contributed by atoms with E-state index in [1.165, 1.54) is 42.3 Å². The van der Waals surface area contributed by atoms with E-state index in [9.17, 15) is 23.2 Å². The molecule has 1 aliphatic heterocycles. The van der Waals surface area contributed by atoms with Crippen molar-refractivity contribution in [1.29, 1.82) is 0 Å². The molecule has 0 atom stereocenters. The molecule has 3 aromatic rings. The lowest BCUT2D eigenvalue weighted by molar-refractivity contribution is -0.131. The molecule has 37 heavy (non-hydrogen) atoms. The molecule has 1 aliphatic rings. The number of halogens is 2. The molecule has 0 saturated heterocycles. The molecule has 190 valence electrons. The summed E-state index contributed by atoms with van der Waals surface area (Å²) in [6.45, 7) is -0.308. The number of carbonyl (C=O) groups is 3. The van der Waals surface area contributed by atoms with Crippen LogP contribution in [-0.4, -0.2) is 42.5 Å². The van der Waals surface area contributed by atoms with Crippen LogP contribution >= 0.6 is 0 Å². The van der Waals surface area contributed by atoms with E-state index < -0.39 is 29.8 Å². The number of fused-ring (bicyclic) bond motifs is 1. The maximum Gasteiger partial charge on any atom is 0.328 e. The molecular formula is C28H24F2N2O5. The Balaban J connectivity index is 1.54. The third kappa shape index (κ3) is 5.66. The average Bonchev–Trinajstić information content (AvgIpc) is 2.98. The first-order valence-corrected chi connectivity index (χ1v) is 11.5. The lowest BCUT2D eigenvalue weighted by Crippen LogP contribution is -2.33. The van der Waals surface area contributed by atoms with E-state index in [-0.39, 0.29) is 35.7 Å². The SMILES string of the molecule is COc1ccccc1CC(=O)Nc1ccc(C(=O)N2CCC(F)(F)/C(=C\C(=O)O)c3ccccc32)cc1. The molecule has 0 unspecified atom stereocenters. The number of ether oxygens (including phenoxy) is 1. The molecule has 0 saturated carbocycles. The van der Waals surface area contributed by atoms with Crippen molar-refractivity contribution in [3.63, 3.8) is 0 Å². The van der Waals surface area contributed by atoms with Gasteiger partial charge in [-0.1, -0.05) is 36.4 Å². The van der Waals surface area contributed by atoms with Gasteiger partial charge in [0.25, 0.3) is 11.8 Å². The summed E-state index contributed by atoms with van der Waals surface area (Å²) in [5, 5.41) is 11.9. The Morgan fingerprint density at radius 3 is 2.41 bits per heavy atom. The fourth-order valence-corrected chi connectivity index (χ4v) is 4.24. The van der Waals surface area contributed by atoms with Crippen LogP contribution in [0.2, 0.25) is 0 Å². The van der Waals surface area contributed by atoms with Gasteiger partial charge in [-0.05, 0) is 36.4 Å². The van der Waals surface area contributed by atoms with Crippen LogP contribution in [0.5, 0.6) is 5.75 Å². The van der Waals surface area contributed by atoms with Crippen molar-refractivity contribution >= 4 is 34.7 Å².